The minimum absolute atomic E-state index is 0.0162. The fourth-order valence-corrected chi connectivity index (χ4v) is 4.13. The highest BCUT2D eigenvalue weighted by Gasteiger charge is 2.26. The highest BCUT2D eigenvalue weighted by Crippen LogP contribution is 2.28. The maximum atomic E-state index is 12.5. The predicted molar refractivity (Wildman–Crippen MR) is 101 cm³/mol. The minimum atomic E-state index is -0.313. The zero-order valence-corrected chi connectivity index (χ0v) is 16.2. The second-order valence-corrected chi connectivity index (χ2v) is 8.29. The van der Waals surface area contributed by atoms with Crippen molar-refractivity contribution in [1.29, 1.82) is 0 Å². The Morgan fingerprint density at radius 3 is 2.69 bits per heavy atom. The van der Waals surface area contributed by atoms with Gasteiger partial charge in [0.25, 0.3) is 5.56 Å². The second kappa shape index (κ2) is 8.07. The van der Waals surface area contributed by atoms with Crippen LogP contribution in [0.4, 0.5) is 0 Å². The SMILES string of the molecule is Cc1cnn(C2CCC(NC(=O)C(C)Sc3nc(C)cc(=O)[nH]3)CC2)c1. The number of H-pyrrole nitrogens is 1. The fraction of sp³-hybridized carbons (Fsp3) is 0.556. The Balaban J connectivity index is 1.49. The van der Waals surface area contributed by atoms with Gasteiger partial charge in [-0.3, -0.25) is 14.3 Å². The first-order valence-corrected chi connectivity index (χ1v) is 9.84. The number of nitrogens with one attached hydrogen (secondary N) is 2. The molecule has 0 radical (unpaired) electrons. The number of thioether (sulfide) groups is 1. The summed E-state index contributed by atoms with van der Waals surface area (Å²) in [6, 6.07) is 2.06. The van der Waals surface area contributed by atoms with Crippen LogP contribution in [0.15, 0.2) is 28.4 Å². The van der Waals surface area contributed by atoms with Crippen LogP contribution in [-0.2, 0) is 4.79 Å². The smallest absolute Gasteiger partial charge is 0.251 e. The van der Waals surface area contributed by atoms with Crippen LogP contribution in [0.25, 0.3) is 0 Å². The van der Waals surface area contributed by atoms with Gasteiger partial charge in [0.15, 0.2) is 5.16 Å². The molecule has 0 spiro atoms. The lowest BCUT2D eigenvalue weighted by molar-refractivity contribution is -0.121. The summed E-state index contributed by atoms with van der Waals surface area (Å²) in [5.74, 6) is -0.0162. The van der Waals surface area contributed by atoms with Crippen molar-refractivity contribution in [1.82, 2.24) is 25.1 Å². The molecule has 2 heterocycles. The van der Waals surface area contributed by atoms with Gasteiger partial charge in [0.05, 0.1) is 17.5 Å². The normalized spacial score (nSPS) is 21.3. The molecule has 1 unspecified atom stereocenters. The number of carbonyl (C=O) groups excluding carboxylic acids is 1. The lowest BCUT2D eigenvalue weighted by Crippen LogP contribution is -2.41. The zero-order valence-electron chi connectivity index (χ0n) is 15.4. The molecule has 0 saturated heterocycles. The van der Waals surface area contributed by atoms with Gasteiger partial charge in [-0.15, -0.1) is 0 Å². The standard InChI is InChI=1S/C18H25N5O2S/c1-11-9-19-23(10-11)15-6-4-14(5-7-15)21-17(25)13(3)26-18-20-12(2)8-16(24)22-18/h8-10,13-15H,4-7H2,1-3H3,(H,21,25)(H,20,22,24). The summed E-state index contributed by atoms with van der Waals surface area (Å²) in [5, 5.41) is 7.71. The van der Waals surface area contributed by atoms with E-state index >= 15 is 0 Å². The molecule has 140 valence electrons. The number of hydrogen-bond donors (Lipinski definition) is 2. The molecule has 7 nitrogen and oxygen atoms in total. The minimum Gasteiger partial charge on any atom is -0.352 e. The highest BCUT2D eigenvalue weighted by molar-refractivity contribution is 8.00. The molecular formula is C18H25N5O2S. The van der Waals surface area contributed by atoms with Crippen molar-refractivity contribution in [3.8, 4) is 0 Å². The quantitative estimate of drug-likeness (QED) is 0.618. The molecule has 1 saturated carbocycles. The first-order valence-electron chi connectivity index (χ1n) is 8.96. The van der Waals surface area contributed by atoms with E-state index in [0.717, 1.165) is 25.7 Å². The lowest BCUT2D eigenvalue weighted by atomic mass is 9.91. The Morgan fingerprint density at radius 2 is 2.08 bits per heavy atom. The van der Waals surface area contributed by atoms with Gasteiger partial charge in [-0.05, 0) is 52.0 Å². The monoisotopic (exact) mass is 375 g/mol. The molecule has 1 amide bonds. The molecule has 1 aliphatic carbocycles. The molecule has 1 aliphatic rings. The largest absolute Gasteiger partial charge is 0.352 e. The van der Waals surface area contributed by atoms with Crippen LogP contribution in [0.2, 0.25) is 0 Å². The third-order valence-electron chi connectivity index (χ3n) is 4.65. The van der Waals surface area contributed by atoms with E-state index in [1.165, 1.54) is 23.4 Å². The average molecular weight is 375 g/mol. The Kier molecular flexibility index (Phi) is 5.80. The van der Waals surface area contributed by atoms with Crippen LogP contribution in [0.3, 0.4) is 0 Å². The third-order valence-corrected chi connectivity index (χ3v) is 5.64. The van der Waals surface area contributed by atoms with Gasteiger partial charge in [-0.2, -0.15) is 5.10 Å². The van der Waals surface area contributed by atoms with Gasteiger partial charge in [0.1, 0.15) is 0 Å². The van der Waals surface area contributed by atoms with Crippen molar-refractivity contribution < 1.29 is 4.79 Å². The van der Waals surface area contributed by atoms with E-state index < -0.39 is 0 Å². The molecule has 0 aliphatic heterocycles. The zero-order chi connectivity index (χ0) is 18.7. The summed E-state index contributed by atoms with van der Waals surface area (Å²) in [6.07, 6.45) is 7.90. The summed E-state index contributed by atoms with van der Waals surface area (Å²) in [7, 11) is 0. The number of aromatic amines is 1. The van der Waals surface area contributed by atoms with E-state index in [0.29, 0.717) is 16.9 Å². The maximum Gasteiger partial charge on any atom is 0.251 e. The van der Waals surface area contributed by atoms with E-state index in [4.69, 9.17) is 0 Å². The van der Waals surface area contributed by atoms with Gasteiger partial charge in [-0.1, -0.05) is 11.8 Å². The molecule has 1 atom stereocenters. The number of aryl methyl sites for hydroxylation is 2. The molecule has 2 aromatic rings. The van der Waals surface area contributed by atoms with E-state index in [1.807, 2.05) is 24.7 Å². The summed E-state index contributed by atoms with van der Waals surface area (Å²) in [5.41, 5.74) is 1.63. The van der Waals surface area contributed by atoms with Crippen LogP contribution in [0, 0.1) is 13.8 Å². The molecule has 2 N–H and O–H groups in total. The maximum absolute atomic E-state index is 12.5. The van der Waals surface area contributed by atoms with Crippen molar-refractivity contribution in [2.24, 2.45) is 0 Å². The Hall–Kier alpha value is -2.09. The summed E-state index contributed by atoms with van der Waals surface area (Å²) in [6.45, 7) is 5.65. The first-order chi connectivity index (χ1) is 12.4. The van der Waals surface area contributed by atoms with Crippen molar-refractivity contribution in [3.63, 3.8) is 0 Å². The topological polar surface area (TPSA) is 92.7 Å². The molecule has 1 fully saturated rings. The molecule has 0 aromatic carbocycles. The third kappa shape index (κ3) is 4.75. The van der Waals surface area contributed by atoms with E-state index in [1.54, 1.807) is 6.92 Å². The molecule has 2 aromatic heterocycles. The molecule has 3 rings (SSSR count). The van der Waals surface area contributed by atoms with Crippen LogP contribution < -0.4 is 10.9 Å². The lowest BCUT2D eigenvalue weighted by Gasteiger charge is -2.30. The first kappa shape index (κ1) is 18.7. The molecule has 8 heteroatoms. The van der Waals surface area contributed by atoms with Gasteiger partial charge < -0.3 is 10.3 Å². The van der Waals surface area contributed by atoms with Crippen molar-refractivity contribution in [2.45, 2.75) is 68.9 Å². The number of hydrogen-bond acceptors (Lipinski definition) is 5. The van der Waals surface area contributed by atoms with Crippen molar-refractivity contribution in [3.05, 3.63) is 40.1 Å². The van der Waals surface area contributed by atoms with Crippen molar-refractivity contribution in [2.75, 3.05) is 0 Å². The van der Waals surface area contributed by atoms with Crippen LogP contribution in [0.1, 0.15) is 49.9 Å². The summed E-state index contributed by atoms with van der Waals surface area (Å²) in [4.78, 5) is 30.9. The van der Waals surface area contributed by atoms with E-state index in [2.05, 4.69) is 26.6 Å². The second-order valence-electron chi connectivity index (χ2n) is 6.96. The molecule has 26 heavy (non-hydrogen) atoms. The van der Waals surface area contributed by atoms with Crippen LogP contribution >= 0.6 is 11.8 Å². The van der Waals surface area contributed by atoms with Crippen LogP contribution in [-0.4, -0.2) is 36.9 Å². The Morgan fingerprint density at radius 1 is 1.35 bits per heavy atom. The van der Waals surface area contributed by atoms with Gasteiger partial charge >= 0.3 is 0 Å². The fourth-order valence-electron chi connectivity index (χ4n) is 3.26. The van der Waals surface area contributed by atoms with Gasteiger partial charge in [0.2, 0.25) is 5.91 Å². The Bertz CT molecular complexity index is 823. The van der Waals surface area contributed by atoms with E-state index in [9.17, 15) is 9.59 Å². The van der Waals surface area contributed by atoms with E-state index in [-0.39, 0.29) is 22.8 Å². The number of nitrogens with zero attached hydrogens (tertiary/aromatic N) is 3. The highest BCUT2D eigenvalue weighted by atomic mass is 32.2. The van der Waals surface area contributed by atoms with Gasteiger partial charge in [-0.25, -0.2) is 4.98 Å². The number of rotatable bonds is 5. The average Bonchev–Trinajstić information content (AvgIpc) is 3.01. The Labute approximate surface area is 157 Å². The summed E-state index contributed by atoms with van der Waals surface area (Å²) >= 11 is 1.28. The van der Waals surface area contributed by atoms with Crippen LogP contribution in [0.5, 0.6) is 0 Å². The number of carbonyl (C=O) groups is 1. The molecule has 0 bridgehead atoms. The predicted octanol–water partition coefficient (Wildman–Crippen LogP) is 2.36. The van der Waals surface area contributed by atoms with Crippen molar-refractivity contribution >= 4 is 17.7 Å². The molecular weight excluding hydrogens is 350 g/mol. The van der Waals surface area contributed by atoms with Gasteiger partial charge in [0, 0.05) is 24.0 Å². The summed E-state index contributed by atoms with van der Waals surface area (Å²) < 4.78 is 2.05. The number of aromatic nitrogens is 4. The number of amides is 1.